The average Bonchev–Trinajstić information content (AvgIpc) is 2.49. The van der Waals surface area contributed by atoms with Gasteiger partial charge >= 0.3 is 26.7 Å². The van der Waals surface area contributed by atoms with Crippen LogP contribution in [0.15, 0.2) is 46.9 Å². The molecule has 0 heterocycles. The molecule has 2 aromatic carbocycles. The zero-order valence-corrected chi connectivity index (χ0v) is 17.7. The van der Waals surface area contributed by atoms with Gasteiger partial charge in [-0.25, -0.2) is 8.42 Å². The summed E-state index contributed by atoms with van der Waals surface area (Å²) in [6.45, 7) is 0. The number of benzene rings is 2. The van der Waals surface area contributed by atoms with E-state index in [4.69, 9.17) is 29.3 Å². The molecule has 11 heteroatoms. The number of methoxy groups -OCH3 is 1. The van der Waals surface area contributed by atoms with Crippen molar-refractivity contribution < 1.29 is 52.1 Å². The van der Waals surface area contributed by atoms with E-state index in [-0.39, 0.29) is 21.2 Å². The minimum Gasteiger partial charge on any atom is -0.741 e. The highest BCUT2D eigenvalue weighted by molar-refractivity contribution is 9.10. The van der Waals surface area contributed by atoms with E-state index in [1.807, 2.05) is 24.3 Å². The first-order valence-corrected chi connectivity index (χ1v) is 10.9. The van der Waals surface area contributed by atoms with Crippen LogP contribution in [0.3, 0.4) is 0 Å². The zero-order valence-electron chi connectivity index (χ0n) is 12.4. The molecule has 0 saturated carbocycles. The van der Waals surface area contributed by atoms with Crippen LogP contribution in [0.4, 0.5) is 13.2 Å². The lowest BCUT2D eigenvalue weighted by Crippen LogP contribution is -3.61. The largest absolute Gasteiger partial charge is 0.741 e. The zero-order chi connectivity index (χ0) is 19.3. The molecule has 4 nitrogen and oxygen atoms in total. The molecule has 0 bridgehead atoms. The lowest BCUT2D eigenvalue weighted by atomic mass is 10.3. The molecule has 0 aliphatic heterocycles. The number of ether oxygens (including phenoxy) is 1. The number of hydrogen-bond acceptors (Lipinski definition) is 4. The Kier molecular flexibility index (Phi) is 8.45. The van der Waals surface area contributed by atoms with Crippen LogP contribution in [0.2, 0.25) is 5.02 Å². The molecule has 0 aliphatic carbocycles. The second-order valence-corrected chi connectivity index (χ2v) is 9.82. The van der Waals surface area contributed by atoms with E-state index >= 15 is 0 Å². The third-order valence-electron chi connectivity index (χ3n) is 2.43. The maximum absolute atomic E-state index is 10.7. The molecular weight excluding hydrogens is 563 g/mol. The van der Waals surface area contributed by atoms with Crippen LogP contribution in [0.1, 0.15) is 0 Å². The molecule has 0 aromatic heterocycles. The number of hydrogen-bond donors (Lipinski definition) is 0. The summed E-state index contributed by atoms with van der Waals surface area (Å²) in [7, 11) is -4.41. The van der Waals surface area contributed by atoms with Gasteiger partial charge in [0.2, 0.25) is 3.57 Å². The van der Waals surface area contributed by atoms with Gasteiger partial charge in [0.1, 0.15) is 5.75 Å². The van der Waals surface area contributed by atoms with Crippen molar-refractivity contribution in [3.8, 4) is 5.75 Å². The molecule has 25 heavy (non-hydrogen) atoms. The fraction of sp³-hybridized carbons (Fsp3) is 0.143. The first-order chi connectivity index (χ1) is 11.4. The van der Waals surface area contributed by atoms with Gasteiger partial charge in [-0.15, -0.1) is 0 Å². The predicted octanol–water partition coefficient (Wildman–Crippen LogP) is 1.29. The van der Waals surface area contributed by atoms with E-state index in [0.717, 1.165) is 15.2 Å². The Bertz CT molecular complexity index is 814. The number of halogens is 6. The lowest BCUT2D eigenvalue weighted by molar-refractivity contribution is -0.598. The highest BCUT2D eigenvalue weighted by Crippen LogP contribution is 2.20. The van der Waals surface area contributed by atoms with E-state index in [0.29, 0.717) is 0 Å². The second kappa shape index (κ2) is 9.40. The SMILES string of the molecule is COc1ccc([I+]c2ccc(Cl)cc2Br)cc1.O=S(=O)([O-])C(F)(F)F. The first kappa shape index (κ1) is 22.5. The smallest absolute Gasteiger partial charge is 0.485 e. The molecule has 0 radical (unpaired) electrons. The van der Waals surface area contributed by atoms with Crippen molar-refractivity contribution in [2.45, 2.75) is 5.51 Å². The van der Waals surface area contributed by atoms with Crippen LogP contribution in [0, 0.1) is 7.14 Å². The molecule has 0 N–H and O–H groups in total. The average molecular weight is 574 g/mol. The van der Waals surface area contributed by atoms with E-state index in [2.05, 4.69) is 34.1 Å². The molecule has 0 atom stereocenters. The molecule has 138 valence electrons. The van der Waals surface area contributed by atoms with Crippen LogP contribution in [-0.2, 0) is 10.1 Å². The van der Waals surface area contributed by atoms with Gasteiger partial charge in [-0.1, -0.05) is 11.6 Å². The Morgan fingerprint density at radius 2 is 1.68 bits per heavy atom. The summed E-state index contributed by atoms with van der Waals surface area (Å²) >= 11 is 9.29. The Labute approximate surface area is 166 Å². The van der Waals surface area contributed by atoms with E-state index < -0.39 is 15.6 Å². The van der Waals surface area contributed by atoms with E-state index in [1.165, 1.54) is 7.14 Å². The minimum atomic E-state index is -6.09. The third kappa shape index (κ3) is 7.69. The van der Waals surface area contributed by atoms with Crippen molar-refractivity contribution in [3.63, 3.8) is 0 Å². The van der Waals surface area contributed by atoms with Gasteiger partial charge in [0, 0.05) is 5.02 Å². The second-order valence-electron chi connectivity index (χ2n) is 4.21. The molecule has 0 saturated heterocycles. The topological polar surface area (TPSA) is 66.4 Å². The predicted molar refractivity (Wildman–Crippen MR) is 85.3 cm³/mol. The molecule has 2 rings (SSSR count). The summed E-state index contributed by atoms with van der Waals surface area (Å²) in [4.78, 5) is 0. The van der Waals surface area contributed by atoms with Gasteiger partial charge in [-0.3, -0.25) is 0 Å². The molecule has 0 amide bonds. The summed E-state index contributed by atoms with van der Waals surface area (Å²) in [6.07, 6.45) is 0. The van der Waals surface area contributed by atoms with Crippen molar-refractivity contribution in [1.82, 2.24) is 0 Å². The lowest BCUT2D eigenvalue weighted by Gasteiger charge is -2.08. The summed E-state index contributed by atoms with van der Waals surface area (Å²) in [6, 6.07) is 14.2. The van der Waals surface area contributed by atoms with Gasteiger partial charge in [-0.2, -0.15) is 13.2 Å². The van der Waals surface area contributed by atoms with Crippen molar-refractivity contribution in [1.29, 1.82) is 0 Å². The number of rotatable bonds is 3. The highest BCUT2D eigenvalue weighted by Gasteiger charge is 2.36. The van der Waals surface area contributed by atoms with Crippen LogP contribution in [-0.4, -0.2) is 25.6 Å². The summed E-state index contributed by atoms with van der Waals surface area (Å²) in [5, 5.41) is 0.763. The van der Waals surface area contributed by atoms with Crippen molar-refractivity contribution >= 4 is 37.6 Å². The summed E-state index contributed by atoms with van der Waals surface area (Å²) in [5.74, 6) is 0.896. The normalized spacial score (nSPS) is 11.5. The highest BCUT2D eigenvalue weighted by atomic mass is 127. The van der Waals surface area contributed by atoms with Gasteiger partial charge in [0.15, 0.2) is 13.7 Å². The maximum Gasteiger partial charge on any atom is 0.485 e. The molecule has 0 aliphatic rings. The monoisotopic (exact) mass is 572 g/mol. The van der Waals surface area contributed by atoms with Crippen LogP contribution >= 0.6 is 27.5 Å². The summed E-state index contributed by atoms with van der Waals surface area (Å²) in [5.41, 5.74) is -5.65. The molecule has 0 spiro atoms. The third-order valence-corrected chi connectivity index (χ3v) is 7.49. The first-order valence-electron chi connectivity index (χ1n) is 6.20. The van der Waals surface area contributed by atoms with Gasteiger partial charge < -0.3 is 9.29 Å². The molecular formula is C14H10BrClF3IO4S. The Morgan fingerprint density at radius 3 is 2.08 bits per heavy atom. The van der Waals surface area contributed by atoms with Crippen LogP contribution < -0.4 is 25.9 Å². The summed E-state index contributed by atoms with van der Waals surface area (Å²) < 4.78 is 67.8. The molecule has 0 unspecified atom stereocenters. The fourth-order valence-corrected chi connectivity index (χ4v) is 4.65. The minimum absolute atomic E-state index is 0.185. The van der Waals surface area contributed by atoms with E-state index in [9.17, 15) is 13.2 Å². The van der Waals surface area contributed by atoms with Gasteiger partial charge in [0.25, 0.3) is 0 Å². The quantitative estimate of drug-likeness (QED) is 0.240. The Morgan fingerprint density at radius 1 is 1.16 bits per heavy atom. The van der Waals surface area contributed by atoms with Crippen molar-refractivity contribution in [3.05, 3.63) is 59.1 Å². The van der Waals surface area contributed by atoms with Gasteiger partial charge in [-0.05, 0) is 58.4 Å². The van der Waals surface area contributed by atoms with Crippen molar-refractivity contribution in [2.24, 2.45) is 0 Å². The Hall–Kier alpha value is -0.560. The van der Waals surface area contributed by atoms with E-state index in [1.54, 1.807) is 7.11 Å². The molecule has 0 fully saturated rings. The van der Waals surface area contributed by atoms with Crippen molar-refractivity contribution in [2.75, 3.05) is 7.11 Å². The Balaban J connectivity index is 0.000000333. The molecule has 2 aromatic rings. The number of alkyl halides is 3. The van der Waals surface area contributed by atoms with Crippen LogP contribution in [0.5, 0.6) is 5.75 Å². The van der Waals surface area contributed by atoms with Crippen LogP contribution in [0.25, 0.3) is 0 Å². The standard InChI is InChI=1S/C13H10BrClIO.CHF3O3S/c1-17-11-5-3-10(4-6-11)16-13-7-2-9(15)8-12(13)14;2-1(3,4)8(5,6)7/h2-8H,1H3;(H,5,6,7)/q+1;/p-1. The van der Waals surface area contributed by atoms with Gasteiger partial charge in [0.05, 0.1) is 11.6 Å². The maximum atomic E-state index is 10.7. The fourth-order valence-electron chi connectivity index (χ4n) is 1.30.